The van der Waals surface area contributed by atoms with Crippen molar-refractivity contribution < 1.29 is 8.78 Å². The lowest BCUT2D eigenvalue weighted by Crippen LogP contribution is -2.11. The molecular weight excluding hydrogens is 325 g/mol. The number of amidine groups is 1. The van der Waals surface area contributed by atoms with Gasteiger partial charge in [-0.25, -0.2) is 13.8 Å². The van der Waals surface area contributed by atoms with Crippen LogP contribution in [0.25, 0.3) is 11.1 Å². The summed E-state index contributed by atoms with van der Waals surface area (Å²) in [5.74, 6) is -1.51. The molecule has 2 aromatic rings. The number of fused-ring (bicyclic) bond motifs is 1. The summed E-state index contributed by atoms with van der Waals surface area (Å²) in [4.78, 5) is 4.97. The first-order valence-electron chi connectivity index (χ1n) is 5.51. The van der Waals surface area contributed by atoms with Gasteiger partial charge in [0.2, 0.25) is 5.29 Å². The number of hydrogen-bond donors (Lipinski definition) is 1. The summed E-state index contributed by atoms with van der Waals surface area (Å²) in [6.45, 7) is 0. The maximum absolute atomic E-state index is 13.6. The maximum atomic E-state index is 13.6. The Labute approximate surface area is 127 Å². The Hall–Kier alpha value is -1.30. The van der Waals surface area contributed by atoms with Crippen LogP contribution >= 0.6 is 35.1 Å². The third-order valence-corrected chi connectivity index (χ3v) is 4.26. The van der Waals surface area contributed by atoms with Crippen LogP contribution in [0.5, 0.6) is 0 Å². The molecule has 0 aromatic heterocycles. The Bertz CT molecular complexity index is 735. The average molecular weight is 331 g/mol. The van der Waals surface area contributed by atoms with Crippen LogP contribution in [0.15, 0.2) is 40.2 Å². The van der Waals surface area contributed by atoms with Crippen molar-refractivity contribution in [2.75, 3.05) is 0 Å². The molecular formula is C13H6Cl2F2N2S. The van der Waals surface area contributed by atoms with E-state index in [0.717, 1.165) is 11.0 Å². The molecule has 1 heterocycles. The molecule has 0 aliphatic carbocycles. The lowest BCUT2D eigenvalue weighted by Gasteiger charge is -2.17. The number of rotatable bonds is 1. The number of nitrogens with one attached hydrogen (secondary N) is 1. The second kappa shape index (κ2) is 5.24. The molecule has 0 atom stereocenters. The molecule has 0 bridgehead atoms. The van der Waals surface area contributed by atoms with Gasteiger partial charge in [-0.2, -0.15) is 0 Å². The van der Waals surface area contributed by atoms with Crippen molar-refractivity contribution in [1.29, 1.82) is 0 Å². The van der Waals surface area contributed by atoms with Crippen molar-refractivity contribution in [3.05, 3.63) is 47.0 Å². The zero-order chi connectivity index (χ0) is 14.3. The zero-order valence-corrected chi connectivity index (χ0v) is 12.1. The van der Waals surface area contributed by atoms with E-state index in [1.165, 1.54) is 18.0 Å². The summed E-state index contributed by atoms with van der Waals surface area (Å²) in [6, 6.07) is 7.20. The summed E-state index contributed by atoms with van der Waals surface area (Å²) < 4.78 is 29.8. The molecule has 0 fully saturated rings. The van der Waals surface area contributed by atoms with E-state index in [1.54, 1.807) is 12.1 Å². The molecule has 2 aromatic carbocycles. The predicted octanol–water partition coefficient (Wildman–Crippen LogP) is 5.12. The highest BCUT2D eigenvalue weighted by Gasteiger charge is 2.19. The Morgan fingerprint density at radius 3 is 2.70 bits per heavy atom. The predicted molar refractivity (Wildman–Crippen MR) is 78.7 cm³/mol. The van der Waals surface area contributed by atoms with E-state index in [4.69, 9.17) is 23.2 Å². The molecule has 102 valence electrons. The molecule has 1 aliphatic rings. The van der Waals surface area contributed by atoms with Crippen LogP contribution in [0.4, 0.5) is 14.5 Å². The third kappa shape index (κ3) is 2.37. The number of aliphatic imine (C=N–C) groups is 1. The van der Waals surface area contributed by atoms with Crippen molar-refractivity contribution in [2.45, 2.75) is 4.90 Å². The largest absolute Gasteiger partial charge is 0.300 e. The second-order valence-corrected chi connectivity index (χ2v) is 5.59. The summed E-state index contributed by atoms with van der Waals surface area (Å²) in [5.41, 5.74) is 1.31. The molecule has 3 rings (SSSR count). The minimum absolute atomic E-state index is 0.144. The fourth-order valence-electron chi connectivity index (χ4n) is 1.91. The molecule has 0 radical (unpaired) electrons. The smallest absolute Gasteiger partial charge is 0.206 e. The molecule has 0 saturated carbocycles. The number of nitrogens with zero attached hydrogens (tertiary/aromatic N) is 1. The van der Waals surface area contributed by atoms with Gasteiger partial charge >= 0.3 is 0 Å². The van der Waals surface area contributed by atoms with E-state index in [9.17, 15) is 8.78 Å². The lowest BCUT2D eigenvalue weighted by molar-refractivity contribution is 0.584. The topological polar surface area (TPSA) is 24.4 Å². The van der Waals surface area contributed by atoms with Gasteiger partial charge < -0.3 is 4.72 Å². The maximum Gasteiger partial charge on any atom is 0.206 e. The molecule has 2 nitrogen and oxygen atoms in total. The number of halogens is 4. The van der Waals surface area contributed by atoms with Gasteiger partial charge in [-0.05, 0) is 35.7 Å². The van der Waals surface area contributed by atoms with Gasteiger partial charge in [0.15, 0.2) is 0 Å². The minimum atomic E-state index is -0.809. The first kappa shape index (κ1) is 13.7. The summed E-state index contributed by atoms with van der Waals surface area (Å²) in [7, 11) is 0. The number of para-hydroxylation sites is 1. The van der Waals surface area contributed by atoms with Crippen LogP contribution in [0.2, 0.25) is 5.02 Å². The van der Waals surface area contributed by atoms with Crippen LogP contribution in [0.1, 0.15) is 0 Å². The van der Waals surface area contributed by atoms with E-state index in [0.29, 0.717) is 11.3 Å². The van der Waals surface area contributed by atoms with E-state index >= 15 is 0 Å². The molecule has 0 saturated heterocycles. The van der Waals surface area contributed by atoms with Gasteiger partial charge in [-0.15, -0.1) is 0 Å². The quantitative estimate of drug-likeness (QED) is 0.445. The van der Waals surface area contributed by atoms with E-state index in [2.05, 4.69) is 9.71 Å². The van der Waals surface area contributed by atoms with Crippen LogP contribution in [0, 0.1) is 11.6 Å². The van der Waals surface area contributed by atoms with Gasteiger partial charge in [-0.1, -0.05) is 23.7 Å². The minimum Gasteiger partial charge on any atom is -0.300 e. The van der Waals surface area contributed by atoms with E-state index < -0.39 is 11.6 Å². The zero-order valence-electron chi connectivity index (χ0n) is 9.75. The highest BCUT2D eigenvalue weighted by molar-refractivity contribution is 7.98. The molecule has 1 aliphatic heterocycles. The van der Waals surface area contributed by atoms with Gasteiger partial charge in [0.25, 0.3) is 0 Å². The molecule has 0 unspecified atom stereocenters. The Morgan fingerprint density at radius 1 is 1.10 bits per heavy atom. The monoisotopic (exact) mass is 330 g/mol. The number of hydrogen-bond acceptors (Lipinski definition) is 3. The SMILES string of the molecule is Fc1cc(F)c(Cl)c(-c2cccc3c2N=C(Cl)NS3)c1. The standard InChI is InChI=1S/C13H6Cl2F2N2S/c14-11-8(4-6(16)5-9(11)17)7-2-1-3-10-12(7)18-13(15)19-20-10/h1-5H,(H,18,19). The highest BCUT2D eigenvalue weighted by atomic mass is 35.5. The fourth-order valence-corrected chi connectivity index (χ4v) is 2.96. The van der Waals surface area contributed by atoms with Crippen LogP contribution in [-0.4, -0.2) is 5.29 Å². The Balaban J connectivity index is 2.28. The summed E-state index contributed by atoms with van der Waals surface area (Å²) in [5, 5.41) is 0.0533. The summed E-state index contributed by atoms with van der Waals surface area (Å²) in [6.07, 6.45) is 0. The first-order chi connectivity index (χ1) is 9.56. The molecule has 0 amide bonds. The van der Waals surface area contributed by atoms with E-state index in [-0.39, 0.29) is 15.9 Å². The van der Waals surface area contributed by atoms with E-state index in [1.807, 2.05) is 6.07 Å². The molecule has 0 spiro atoms. The van der Waals surface area contributed by atoms with Gasteiger partial charge in [-0.3, -0.25) is 0 Å². The Kier molecular flexibility index (Phi) is 3.58. The molecule has 7 heteroatoms. The molecule has 20 heavy (non-hydrogen) atoms. The van der Waals surface area contributed by atoms with Crippen LogP contribution < -0.4 is 4.72 Å². The summed E-state index contributed by atoms with van der Waals surface area (Å²) >= 11 is 13.1. The van der Waals surface area contributed by atoms with Crippen LogP contribution in [0.3, 0.4) is 0 Å². The Morgan fingerprint density at radius 2 is 1.90 bits per heavy atom. The third-order valence-electron chi connectivity index (χ3n) is 2.74. The van der Waals surface area contributed by atoms with Crippen molar-refractivity contribution in [3.8, 4) is 11.1 Å². The molecule has 1 N–H and O–H groups in total. The van der Waals surface area contributed by atoms with Crippen molar-refractivity contribution in [1.82, 2.24) is 4.72 Å². The van der Waals surface area contributed by atoms with Gasteiger partial charge in [0.1, 0.15) is 11.6 Å². The van der Waals surface area contributed by atoms with Gasteiger partial charge in [0.05, 0.1) is 15.6 Å². The number of benzene rings is 2. The first-order valence-corrected chi connectivity index (χ1v) is 7.08. The normalized spacial score (nSPS) is 13.5. The van der Waals surface area contributed by atoms with Crippen molar-refractivity contribution in [3.63, 3.8) is 0 Å². The fraction of sp³-hybridized carbons (Fsp3) is 0. The van der Waals surface area contributed by atoms with Gasteiger partial charge in [0, 0.05) is 17.2 Å². The average Bonchev–Trinajstić information content (AvgIpc) is 2.42. The van der Waals surface area contributed by atoms with Crippen molar-refractivity contribution in [2.24, 2.45) is 4.99 Å². The van der Waals surface area contributed by atoms with Crippen LogP contribution in [-0.2, 0) is 0 Å². The highest BCUT2D eigenvalue weighted by Crippen LogP contribution is 2.43. The second-order valence-electron chi connectivity index (χ2n) is 4.01. The van der Waals surface area contributed by atoms with Crippen molar-refractivity contribution >= 4 is 46.1 Å². The lowest BCUT2D eigenvalue weighted by atomic mass is 10.0.